The molecule has 2 aromatic carbocycles. The first-order valence-corrected chi connectivity index (χ1v) is 13.9. The number of fused-ring (bicyclic) bond motifs is 1. The zero-order valence-corrected chi connectivity index (χ0v) is 20.9. The Morgan fingerprint density at radius 1 is 0.645 bits per heavy atom. The third-order valence-corrected chi connectivity index (χ3v) is 8.20. The SMILES string of the molecule is CCCCCCCCN(CCCCCCCC)S(=O)(=O)c1cccc2c(C)cccc12. The number of sulfonamides is 1. The van der Waals surface area contributed by atoms with Gasteiger partial charge >= 0.3 is 0 Å². The van der Waals surface area contributed by atoms with E-state index in [9.17, 15) is 8.42 Å². The molecule has 0 aliphatic rings. The molecule has 3 nitrogen and oxygen atoms in total. The summed E-state index contributed by atoms with van der Waals surface area (Å²) >= 11 is 0. The number of unbranched alkanes of at least 4 members (excludes halogenated alkanes) is 10. The quantitative estimate of drug-likeness (QED) is 0.247. The second kappa shape index (κ2) is 13.9. The predicted octanol–water partition coefficient (Wildman–Crippen LogP) is 7.86. The molecule has 0 fully saturated rings. The lowest BCUT2D eigenvalue weighted by atomic mass is 10.1. The molecule has 0 aliphatic heterocycles. The van der Waals surface area contributed by atoms with E-state index in [1.165, 1.54) is 51.4 Å². The van der Waals surface area contributed by atoms with Crippen LogP contribution >= 0.6 is 0 Å². The van der Waals surface area contributed by atoms with Crippen molar-refractivity contribution in [3.63, 3.8) is 0 Å². The van der Waals surface area contributed by atoms with Gasteiger partial charge in [-0.25, -0.2) is 8.42 Å². The molecule has 0 saturated carbocycles. The van der Waals surface area contributed by atoms with Crippen LogP contribution in [0.25, 0.3) is 10.8 Å². The van der Waals surface area contributed by atoms with E-state index in [4.69, 9.17) is 0 Å². The predicted molar refractivity (Wildman–Crippen MR) is 134 cm³/mol. The standard InChI is InChI=1S/C27H43NO2S/c1-4-6-8-10-12-14-22-28(23-15-13-11-9-7-5-2)31(29,30)27-21-17-19-25-24(3)18-16-20-26(25)27/h16-21H,4-15,22-23H2,1-3H3. The Morgan fingerprint density at radius 3 is 1.71 bits per heavy atom. The van der Waals surface area contributed by atoms with Gasteiger partial charge in [0.05, 0.1) is 4.90 Å². The van der Waals surface area contributed by atoms with Crippen LogP contribution in [0.5, 0.6) is 0 Å². The van der Waals surface area contributed by atoms with Crippen LogP contribution in [0.15, 0.2) is 41.3 Å². The second-order valence-electron chi connectivity index (χ2n) is 8.87. The summed E-state index contributed by atoms with van der Waals surface area (Å²) in [6, 6.07) is 11.6. The molecular formula is C27H43NO2S. The van der Waals surface area contributed by atoms with Gasteiger partial charge in [0.25, 0.3) is 0 Å². The van der Waals surface area contributed by atoms with Crippen molar-refractivity contribution in [2.45, 2.75) is 103 Å². The van der Waals surface area contributed by atoms with Gasteiger partial charge in [0.15, 0.2) is 0 Å². The Hall–Kier alpha value is -1.39. The summed E-state index contributed by atoms with van der Waals surface area (Å²) in [6.07, 6.45) is 14.0. The summed E-state index contributed by atoms with van der Waals surface area (Å²) in [4.78, 5) is 0.464. The van der Waals surface area contributed by atoms with E-state index >= 15 is 0 Å². The Balaban J connectivity index is 2.13. The van der Waals surface area contributed by atoms with Crippen LogP contribution < -0.4 is 0 Å². The van der Waals surface area contributed by atoms with Crippen LogP contribution in [0, 0.1) is 6.92 Å². The smallest absolute Gasteiger partial charge is 0.207 e. The lowest BCUT2D eigenvalue weighted by molar-refractivity contribution is 0.384. The van der Waals surface area contributed by atoms with Crippen molar-refractivity contribution in [2.24, 2.45) is 0 Å². The Labute approximate surface area is 191 Å². The fourth-order valence-corrected chi connectivity index (χ4v) is 6.01. The van der Waals surface area contributed by atoms with E-state index in [0.717, 1.165) is 42.0 Å². The molecule has 31 heavy (non-hydrogen) atoms. The Morgan fingerprint density at radius 2 is 1.13 bits per heavy atom. The topological polar surface area (TPSA) is 37.4 Å². The van der Waals surface area contributed by atoms with Crippen molar-refractivity contribution in [1.29, 1.82) is 0 Å². The number of benzene rings is 2. The fraction of sp³-hybridized carbons (Fsp3) is 0.630. The molecule has 0 atom stereocenters. The van der Waals surface area contributed by atoms with E-state index in [0.29, 0.717) is 18.0 Å². The molecule has 0 bridgehead atoms. The normalized spacial score (nSPS) is 12.1. The molecule has 0 amide bonds. The van der Waals surface area contributed by atoms with Crippen molar-refractivity contribution < 1.29 is 8.42 Å². The maximum atomic E-state index is 13.7. The van der Waals surface area contributed by atoms with E-state index in [1.54, 1.807) is 10.4 Å². The lowest BCUT2D eigenvalue weighted by Gasteiger charge is -2.23. The zero-order valence-electron chi connectivity index (χ0n) is 20.0. The summed E-state index contributed by atoms with van der Waals surface area (Å²) in [5.41, 5.74) is 1.12. The molecule has 2 rings (SSSR count). The maximum absolute atomic E-state index is 13.7. The van der Waals surface area contributed by atoms with Crippen molar-refractivity contribution in [1.82, 2.24) is 4.31 Å². The first-order chi connectivity index (χ1) is 15.0. The van der Waals surface area contributed by atoms with Crippen LogP contribution in [0.3, 0.4) is 0 Å². The molecule has 0 unspecified atom stereocenters. The maximum Gasteiger partial charge on any atom is 0.243 e. The van der Waals surface area contributed by atoms with Gasteiger partial charge in [-0.05, 0) is 36.8 Å². The number of rotatable bonds is 16. The summed E-state index contributed by atoms with van der Waals surface area (Å²) in [5.74, 6) is 0. The third kappa shape index (κ3) is 7.91. The summed E-state index contributed by atoms with van der Waals surface area (Å²) in [7, 11) is -3.51. The summed E-state index contributed by atoms with van der Waals surface area (Å²) < 4.78 is 29.2. The van der Waals surface area contributed by atoms with Gasteiger partial charge in [0.2, 0.25) is 10.0 Å². The van der Waals surface area contributed by atoms with Crippen molar-refractivity contribution >= 4 is 20.8 Å². The highest BCUT2D eigenvalue weighted by molar-refractivity contribution is 7.89. The van der Waals surface area contributed by atoms with Gasteiger partial charge in [-0.15, -0.1) is 0 Å². The minimum absolute atomic E-state index is 0.464. The van der Waals surface area contributed by atoms with Gasteiger partial charge < -0.3 is 0 Å². The van der Waals surface area contributed by atoms with Gasteiger partial charge in [-0.2, -0.15) is 4.31 Å². The molecule has 0 saturated heterocycles. The molecule has 0 radical (unpaired) electrons. The number of aryl methyl sites for hydroxylation is 1. The molecule has 0 spiro atoms. The highest BCUT2D eigenvalue weighted by Gasteiger charge is 2.25. The first kappa shape index (κ1) is 25.9. The number of hydrogen-bond acceptors (Lipinski definition) is 2. The van der Waals surface area contributed by atoms with Crippen LogP contribution in [-0.2, 0) is 10.0 Å². The summed E-state index contributed by atoms with van der Waals surface area (Å²) in [5, 5.41) is 1.88. The monoisotopic (exact) mass is 445 g/mol. The Kier molecular flexibility index (Phi) is 11.6. The number of nitrogens with zero attached hydrogens (tertiary/aromatic N) is 1. The minimum Gasteiger partial charge on any atom is -0.207 e. The highest BCUT2D eigenvalue weighted by Crippen LogP contribution is 2.28. The molecule has 0 N–H and O–H groups in total. The Bertz CT molecular complexity index is 860. The largest absolute Gasteiger partial charge is 0.243 e. The number of hydrogen-bond donors (Lipinski definition) is 0. The van der Waals surface area contributed by atoms with E-state index in [1.807, 2.05) is 37.3 Å². The third-order valence-electron chi connectivity index (χ3n) is 6.24. The van der Waals surface area contributed by atoms with Gasteiger partial charge in [-0.1, -0.05) is 108 Å². The molecule has 0 aliphatic carbocycles. The fourth-order valence-electron chi connectivity index (χ4n) is 4.29. The van der Waals surface area contributed by atoms with Crippen molar-refractivity contribution in [3.8, 4) is 0 Å². The average molecular weight is 446 g/mol. The van der Waals surface area contributed by atoms with Crippen LogP contribution in [0.1, 0.15) is 96.5 Å². The average Bonchev–Trinajstić information content (AvgIpc) is 2.76. The van der Waals surface area contributed by atoms with Gasteiger partial charge in [0, 0.05) is 18.5 Å². The minimum atomic E-state index is -3.51. The molecule has 0 aromatic heterocycles. The molecule has 2 aromatic rings. The van der Waals surface area contributed by atoms with Gasteiger partial charge in [-0.3, -0.25) is 0 Å². The van der Waals surface area contributed by atoms with Crippen LogP contribution in [0.2, 0.25) is 0 Å². The van der Waals surface area contributed by atoms with E-state index in [2.05, 4.69) is 13.8 Å². The second-order valence-corrected chi connectivity index (χ2v) is 10.8. The first-order valence-electron chi connectivity index (χ1n) is 12.5. The highest BCUT2D eigenvalue weighted by atomic mass is 32.2. The van der Waals surface area contributed by atoms with Gasteiger partial charge in [0.1, 0.15) is 0 Å². The van der Waals surface area contributed by atoms with Crippen molar-refractivity contribution in [3.05, 3.63) is 42.0 Å². The van der Waals surface area contributed by atoms with Crippen molar-refractivity contribution in [2.75, 3.05) is 13.1 Å². The zero-order chi connectivity index (χ0) is 22.5. The van der Waals surface area contributed by atoms with E-state index in [-0.39, 0.29) is 0 Å². The summed E-state index contributed by atoms with van der Waals surface area (Å²) in [6.45, 7) is 7.75. The molecule has 0 heterocycles. The molecule has 174 valence electrons. The van der Waals surface area contributed by atoms with Crippen LogP contribution in [0.4, 0.5) is 0 Å². The van der Waals surface area contributed by atoms with Crippen LogP contribution in [-0.4, -0.2) is 25.8 Å². The molecule has 4 heteroatoms. The molecular weight excluding hydrogens is 402 g/mol. The van der Waals surface area contributed by atoms with E-state index < -0.39 is 10.0 Å². The lowest BCUT2D eigenvalue weighted by Crippen LogP contribution is -2.33.